The van der Waals surface area contributed by atoms with Crippen molar-refractivity contribution in [2.24, 2.45) is 0 Å². The van der Waals surface area contributed by atoms with Crippen molar-refractivity contribution in [3.05, 3.63) is 0 Å². The highest BCUT2D eigenvalue weighted by molar-refractivity contribution is 7.86. The van der Waals surface area contributed by atoms with Crippen molar-refractivity contribution in [1.82, 2.24) is 0 Å². The van der Waals surface area contributed by atoms with Crippen LogP contribution in [-0.2, 0) is 10.1 Å². The Morgan fingerprint density at radius 1 is 1.00 bits per heavy atom. The van der Waals surface area contributed by atoms with E-state index in [0.717, 1.165) is 0 Å². The molecule has 0 heterocycles. The summed E-state index contributed by atoms with van der Waals surface area (Å²) >= 11 is 0. The molecule has 17 heavy (non-hydrogen) atoms. The highest BCUT2D eigenvalue weighted by atomic mass is 32.2. The molecule has 0 fully saturated rings. The van der Waals surface area contributed by atoms with Crippen LogP contribution in [0.4, 0.5) is 30.7 Å². The Balaban J connectivity index is 5.18. The van der Waals surface area contributed by atoms with Crippen molar-refractivity contribution in [2.75, 3.05) is 0 Å². The van der Waals surface area contributed by atoms with E-state index in [0.29, 0.717) is 0 Å². The normalized spacial score (nSPS) is 17.0. The van der Waals surface area contributed by atoms with E-state index >= 15 is 0 Å². The van der Waals surface area contributed by atoms with Crippen LogP contribution in [-0.4, -0.2) is 41.5 Å². The lowest BCUT2D eigenvalue weighted by Crippen LogP contribution is -2.53. The summed E-state index contributed by atoms with van der Waals surface area (Å²) in [5, 5.41) is 8.33. The van der Waals surface area contributed by atoms with Crippen LogP contribution in [0.3, 0.4) is 0 Å². The van der Waals surface area contributed by atoms with Gasteiger partial charge in [-0.05, 0) is 0 Å². The number of alkyl halides is 7. The Bertz CT molecular complexity index is 372. The van der Waals surface area contributed by atoms with E-state index in [1.165, 1.54) is 0 Å². The van der Waals surface area contributed by atoms with Crippen molar-refractivity contribution in [1.29, 1.82) is 0 Å². The summed E-state index contributed by atoms with van der Waals surface area (Å²) in [6.45, 7) is 0. The molecule has 4 nitrogen and oxygen atoms in total. The molecular formula is C5H5F7O4S. The van der Waals surface area contributed by atoms with Gasteiger partial charge in [0, 0.05) is 0 Å². The summed E-state index contributed by atoms with van der Waals surface area (Å²) < 4.78 is 112. The van der Waals surface area contributed by atoms with Gasteiger partial charge in [-0.1, -0.05) is 0 Å². The maximum Gasteiger partial charge on any atom is 0.459 e. The maximum absolute atomic E-state index is 12.5. The van der Waals surface area contributed by atoms with Gasteiger partial charge < -0.3 is 5.11 Å². The van der Waals surface area contributed by atoms with Crippen LogP contribution in [0.5, 0.6) is 0 Å². The van der Waals surface area contributed by atoms with Crippen LogP contribution < -0.4 is 0 Å². The van der Waals surface area contributed by atoms with Crippen LogP contribution in [0.1, 0.15) is 6.42 Å². The molecule has 0 aliphatic carbocycles. The summed E-state index contributed by atoms with van der Waals surface area (Å²) in [7, 11) is -5.57. The van der Waals surface area contributed by atoms with Gasteiger partial charge in [0.05, 0.1) is 6.42 Å². The minimum atomic E-state index is -6.63. The van der Waals surface area contributed by atoms with Crippen molar-refractivity contribution >= 4 is 10.1 Å². The first kappa shape index (κ1) is 16.4. The second kappa shape index (κ2) is 4.24. The van der Waals surface area contributed by atoms with Crippen molar-refractivity contribution in [3.8, 4) is 0 Å². The van der Waals surface area contributed by atoms with E-state index in [1.54, 1.807) is 0 Å². The average molecular weight is 294 g/mol. The van der Waals surface area contributed by atoms with Gasteiger partial charge in [-0.3, -0.25) is 4.55 Å². The van der Waals surface area contributed by atoms with Gasteiger partial charge in [0.2, 0.25) is 0 Å². The lowest BCUT2D eigenvalue weighted by Gasteiger charge is -2.28. The molecule has 0 saturated heterocycles. The van der Waals surface area contributed by atoms with Crippen LogP contribution in [0, 0.1) is 0 Å². The smallest absolute Gasteiger partial charge is 0.375 e. The van der Waals surface area contributed by atoms with Gasteiger partial charge in [-0.2, -0.15) is 39.2 Å². The minimum absolute atomic E-state index is 2.79. The molecule has 0 aromatic heterocycles. The van der Waals surface area contributed by atoms with Gasteiger partial charge in [-0.15, -0.1) is 0 Å². The highest BCUT2D eigenvalue weighted by Crippen LogP contribution is 2.48. The van der Waals surface area contributed by atoms with Crippen LogP contribution >= 0.6 is 0 Å². The third kappa shape index (κ3) is 3.42. The molecule has 104 valence electrons. The molecule has 1 atom stereocenters. The maximum atomic E-state index is 12.5. The summed E-state index contributed by atoms with van der Waals surface area (Å²) in [4.78, 5) is 0. The molecule has 0 spiro atoms. The molecule has 0 saturated carbocycles. The van der Waals surface area contributed by atoms with E-state index in [4.69, 9.17) is 9.66 Å². The van der Waals surface area contributed by atoms with E-state index in [2.05, 4.69) is 0 Å². The van der Waals surface area contributed by atoms with Crippen molar-refractivity contribution in [3.63, 3.8) is 0 Å². The largest absolute Gasteiger partial charge is 0.459 e. The molecule has 0 aliphatic heterocycles. The molecule has 0 bridgehead atoms. The molecule has 0 aliphatic rings. The summed E-state index contributed by atoms with van der Waals surface area (Å²) in [5.41, 5.74) is -3.45. The summed E-state index contributed by atoms with van der Waals surface area (Å²) in [6.07, 6.45) is -9.42. The fraction of sp³-hybridized carbons (Fsp3) is 1.00. The Hall–Kier alpha value is -0.620. The molecule has 0 aromatic carbocycles. The molecule has 0 amide bonds. The topological polar surface area (TPSA) is 74.6 Å². The van der Waals surface area contributed by atoms with Gasteiger partial charge in [0.1, 0.15) is 0 Å². The number of aliphatic hydroxyl groups excluding tert-OH is 1. The van der Waals surface area contributed by atoms with E-state index < -0.39 is 40.0 Å². The second-order valence-corrected chi connectivity index (χ2v) is 4.52. The average Bonchev–Trinajstić information content (AvgIpc) is 1.98. The molecule has 0 rings (SSSR count). The predicted molar refractivity (Wildman–Crippen MR) is 38.1 cm³/mol. The lowest BCUT2D eigenvalue weighted by atomic mass is 10.1. The second-order valence-electron chi connectivity index (χ2n) is 2.95. The van der Waals surface area contributed by atoms with Gasteiger partial charge in [0.25, 0.3) is 10.1 Å². The van der Waals surface area contributed by atoms with Gasteiger partial charge in [-0.25, -0.2) is 0 Å². The Morgan fingerprint density at radius 2 is 1.35 bits per heavy atom. The number of rotatable bonds is 4. The van der Waals surface area contributed by atoms with Gasteiger partial charge in [0.15, 0.2) is 5.44 Å². The third-order valence-corrected chi connectivity index (χ3v) is 2.44. The van der Waals surface area contributed by atoms with Gasteiger partial charge >= 0.3 is 18.0 Å². The quantitative estimate of drug-likeness (QED) is 0.607. The zero-order valence-electron chi connectivity index (χ0n) is 7.55. The highest BCUT2D eigenvalue weighted by Gasteiger charge is 2.73. The standard InChI is InChI=1S/C5H5F7O4S/c6-3(7,1-2(13)17(14,15)16)4(8,9)5(10,11)12/h2,13H,1H2,(H,14,15,16). The first-order valence-corrected chi connectivity index (χ1v) is 5.10. The van der Waals surface area contributed by atoms with Crippen LogP contribution in [0.15, 0.2) is 0 Å². The molecule has 0 aromatic rings. The number of hydrogen-bond donors (Lipinski definition) is 2. The Labute approximate surface area is 89.8 Å². The van der Waals surface area contributed by atoms with Crippen LogP contribution in [0.25, 0.3) is 0 Å². The monoisotopic (exact) mass is 294 g/mol. The van der Waals surface area contributed by atoms with E-state index in [9.17, 15) is 39.2 Å². The van der Waals surface area contributed by atoms with E-state index in [1.807, 2.05) is 0 Å². The molecule has 1 unspecified atom stereocenters. The van der Waals surface area contributed by atoms with Crippen molar-refractivity contribution < 1.29 is 48.8 Å². The Kier molecular flexibility index (Phi) is 4.09. The fourth-order valence-electron chi connectivity index (χ4n) is 0.660. The molecule has 0 radical (unpaired) electrons. The molecule has 12 heteroatoms. The zero-order valence-corrected chi connectivity index (χ0v) is 8.37. The fourth-order valence-corrected chi connectivity index (χ4v) is 1.08. The molecule has 2 N–H and O–H groups in total. The summed E-state index contributed by atoms with van der Waals surface area (Å²) in [6, 6.07) is 0. The summed E-state index contributed by atoms with van der Waals surface area (Å²) in [5.74, 6) is -12.4. The van der Waals surface area contributed by atoms with Crippen LogP contribution in [0.2, 0.25) is 0 Å². The SMILES string of the molecule is O=S(=O)(O)C(O)CC(F)(F)C(F)(F)C(F)(F)F. The predicted octanol–water partition coefficient (Wildman–Crippen LogP) is 1.42. The minimum Gasteiger partial charge on any atom is -0.375 e. The lowest BCUT2D eigenvalue weighted by molar-refractivity contribution is -0.357. The number of aliphatic hydroxyl groups is 1. The molecular weight excluding hydrogens is 289 g/mol. The first-order valence-electron chi connectivity index (χ1n) is 3.59. The Morgan fingerprint density at radius 3 is 1.59 bits per heavy atom. The van der Waals surface area contributed by atoms with Crippen molar-refractivity contribution in [2.45, 2.75) is 29.9 Å². The first-order chi connectivity index (χ1) is 7.13. The number of hydrogen-bond acceptors (Lipinski definition) is 3. The van der Waals surface area contributed by atoms with E-state index in [-0.39, 0.29) is 0 Å². The zero-order chi connectivity index (χ0) is 14.3. The third-order valence-electron chi connectivity index (χ3n) is 1.59. The number of halogens is 7.